The molecule has 6 heteroatoms. The largest absolute Gasteiger partial charge is 0.463 e. The van der Waals surface area contributed by atoms with Gasteiger partial charge in [0.05, 0.1) is 30.3 Å². The fourth-order valence-corrected chi connectivity index (χ4v) is 12.0. The molecule has 0 aromatic heterocycles. The Morgan fingerprint density at radius 3 is 2.20 bits per heavy atom. The second-order valence-electron chi connectivity index (χ2n) is 16.5. The number of nitrogens with two attached hydrogens (primary N) is 1. The van der Waals surface area contributed by atoms with Crippen LogP contribution in [0.2, 0.25) is 0 Å². The Balaban J connectivity index is 1.49. The quantitative estimate of drug-likeness (QED) is 0.262. The molecule has 0 bridgehead atoms. The van der Waals surface area contributed by atoms with E-state index >= 15 is 0 Å². The highest BCUT2D eigenvalue weighted by atomic mass is 16.5. The summed E-state index contributed by atoms with van der Waals surface area (Å²) in [6.45, 7) is 17.8. The van der Waals surface area contributed by atoms with Gasteiger partial charge in [0.15, 0.2) is 0 Å². The first-order valence-corrected chi connectivity index (χ1v) is 16.1. The minimum atomic E-state index is -1.32. The van der Waals surface area contributed by atoms with Gasteiger partial charge >= 0.3 is 5.97 Å². The number of hydrogen-bond donors (Lipinski definition) is 4. The molecule has 0 aromatic rings. The van der Waals surface area contributed by atoms with Gasteiger partial charge in [0.25, 0.3) is 0 Å². The molecule has 0 spiro atoms. The third-order valence-corrected chi connectivity index (χ3v) is 14.6. The summed E-state index contributed by atoms with van der Waals surface area (Å²) < 4.78 is 5.89. The average molecular weight is 560 g/mol. The van der Waals surface area contributed by atoms with Crippen molar-refractivity contribution in [2.45, 2.75) is 117 Å². The number of aliphatic hydroxyl groups is 3. The normalized spacial score (nSPS) is 47.9. The van der Waals surface area contributed by atoms with Crippen molar-refractivity contribution in [3.8, 4) is 0 Å². The number of carbonyl (C=O) groups excluding carboxylic acids is 1. The molecule has 5 aliphatic rings. The number of ether oxygens (including phenoxy) is 1. The lowest BCUT2D eigenvalue weighted by atomic mass is 9.32. The summed E-state index contributed by atoms with van der Waals surface area (Å²) in [4.78, 5) is 14.0. The van der Waals surface area contributed by atoms with E-state index in [0.717, 1.165) is 44.9 Å². The minimum absolute atomic E-state index is 0.0601. The third-order valence-electron chi connectivity index (χ3n) is 14.6. The van der Waals surface area contributed by atoms with Crippen molar-refractivity contribution in [3.05, 3.63) is 12.2 Å². The van der Waals surface area contributed by atoms with E-state index in [9.17, 15) is 20.1 Å². The topological polar surface area (TPSA) is 113 Å². The van der Waals surface area contributed by atoms with Gasteiger partial charge in [-0.2, -0.15) is 0 Å². The summed E-state index contributed by atoms with van der Waals surface area (Å²) in [6, 6.07) is 0. The van der Waals surface area contributed by atoms with Gasteiger partial charge in [-0.15, -0.1) is 0 Å². The average Bonchev–Trinajstić information content (AvgIpc) is 3.31. The van der Waals surface area contributed by atoms with Crippen LogP contribution in [0.4, 0.5) is 0 Å². The highest BCUT2D eigenvalue weighted by Gasteiger charge is 2.72. The molecule has 0 radical (unpaired) electrons. The zero-order valence-electron chi connectivity index (χ0n) is 26.1. The summed E-state index contributed by atoms with van der Waals surface area (Å²) in [5, 5.41) is 30.4. The van der Waals surface area contributed by atoms with Gasteiger partial charge in [-0.05, 0) is 122 Å². The van der Waals surface area contributed by atoms with Crippen LogP contribution < -0.4 is 5.73 Å². The Hall–Kier alpha value is -0.950. The van der Waals surface area contributed by atoms with Gasteiger partial charge in [-0.1, -0.05) is 46.8 Å². The zero-order valence-corrected chi connectivity index (χ0v) is 26.1. The Morgan fingerprint density at radius 2 is 1.57 bits per heavy atom. The van der Waals surface area contributed by atoms with Crippen molar-refractivity contribution in [3.63, 3.8) is 0 Å². The Labute approximate surface area is 242 Å². The molecule has 0 unspecified atom stereocenters. The van der Waals surface area contributed by atoms with Gasteiger partial charge in [0, 0.05) is 0 Å². The number of aliphatic hydroxyl groups excluding tert-OH is 3. The lowest BCUT2D eigenvalue weighted by molar-refractivity contribution is -0.248. The standard InChI is InChI=1S/C34H57NO5/c1-21(2)22-10-15-34(28(39)40-20-33(35,18-36)19-37)17-16-31(6)23(27(22)34)8-9-25-30(5)13-12-26(38)29(3,4)24(30)11-14-32(25,31)7/h22-27,36-38H,1,8-20,35H2,2-7H3/t22-,23+,24-,25+,26-,27+,30-,31+,32+,34-/m0/s1. The van der Waals surface area contributed by atoms with Crippen molar-refractivity contribution in [2.24, 2.45) is 62.4 Å². The molecular weight excluding hydrogens is 502 g/mol. The smallest absolute Gasteiger partial charge is 0.312 e. The van der Waals surface area contributed by atoms with Crippen LogP contribution in [0.15, 0.2) is 12.2 Å². The number of carbonyl (C=O) groups is 1. The minimum Gasteiger partial charge on any atom is -0.463 e. The SMILES string of the molecule is C=C(C)[C@@H]1CC[C@]2(C(=O)OCC(N)(CO)CO)CC[C@]3(C)[C@H](CC[C@@H]4[C@@]5(C)CC[C@H](O)C(C)(C)[C@@H]5CC[C@]43C)[C@@H]12. The Morgan fingerprint density at radius 1 is 0.900 bits per heavy atom. The van der Waals surface area contributed by atoms with Crippen molar-refractivity contribution < 1.29 is 24.9 Å². The molecule has 0 saturated heterocycles. The van der Waals surface area contributed by atoms with Gasteiger partial charge in [-0.25, -0.2) is 0 Å². The zero-order chi connectivity index (χ0) is 29.5. The second kappa shape index (κ2) is 9.79. The lowest BCUT2D eigenvalue weighted by Crippen LogP contribution is -2.67. The fraction of sp³-hybridized carbons (Fsp3) is 0.912. The van der Waals surface area contributed by atoms with Crippen molar-refractivity contribution in [1.82, 2.24) is 0 Å². The third kappa shape index (κ3) is 3.98. The molecule has 5 fully saturated rings. The van der Waals surface area contributed by atoms with Gasteiger partial charge in [0.2, 0.25) is 0 Å². The summed E-state index contributed by atoms with van der Waals surface area (Å²) in [6.07, 6.45) is 10.0. The summed E-state index contributed by atoms with van der Waals surface area (Å²) in [5.74, 6) is 1.86. The number of esters is 1. The maximum atomic E-state index is 14.0. The maximum absolute atomic E-state index is 14.0. The van der Waals surface area contributed by atoms with E-state index in [0.29, 0.717) is 23.7 Å². The monoisotopic (exact) mass is 559 g/mol. The lowest BCUT2D eigenvalue weighted by Gasteiger charge is -2.72. The number of allylic oxidation sites excluding steroid dienone is 1. The fourth-order valence-electron chi connectivity index (χ4n) is 12.0. The van der Waals surface area contributed by atoms with E-state index in [2.05, 4.69) is 48.1 Å². The highest BCUT2D eigenvalue weighted by Crippen LogP contribution is 2.77. The molecule has 6 nitrogen and oxygen atoms in total. The summed E-state index contributed by atoms with van der Waals surface area (Å²) in [7, 11) is 0. The van der Waals surface area contributed by atoms with Crippen LogP contribution in [0.5, 0.6) is 0 Å². The predicted molar refractivity (Wildman–Crippen MR) is 157 cm³/mol. The van der Waals surface area contributed by atoms with Gasteiger partial charge < -0.3 is 25.8 Å². The number of rotatable bonds is 6. The molecular formula is C34H57NO5. The molecule has 10 atom stereocenters. The molecule has 5 rings (SSSR count). The van der Waals surface area contributed by atoms with Crippen LogP contribution >= 0.6 is 0 Å². The molecule has 5 aliphatic carbocycles. The number of fused-ring (bicyclic) bond motifs is 7. The van der Waals surface area contributed by atoms with E-state index < -0.39 is 24.2 Å². The van der Waals surface area contributed by atoms with E-state index in [1.807, 2.05) is 0 Å². The van der Waals surface area contributed by atoms with Crippen molar-refractivity contribution in [2.75, 3.05) is 19.8 Å². The molecule has 40 heavy (non-hydrogen) atoms. The summed E-state index contributed by atoms with van der Waals surface area (Å²) in [5.41, 5.74) is 5.84. The van der Waals surface area contributed by atoms with E-state index in [-0.39, 0.29) is 46.3 Å². The van der Waals surface area contributed by atoms with Gasteiger partial charge in [-0.3, -0.25) is 4.79 Å². The molecule has 0 heterocycles. The molecule has 5 N–H and O–H groups in total. The first-order valence-electron chi connectivity index (χ1n) is 16.1. The highest BCUT2D eigenvalue weighted by molar-refractivity contribution is 5.78. The molecule has 5 saturated carbocycles. The van der Waals surface area contributed by atoms with Crippen LogP contribution in [0.3, 0.4) is 0 Å². The van der Waals surface area contributed by atoms with Crippen molar-refractivity contribution >= 4 is 5.97 Å². The van der Waals surface area contributed by atoms with E-state index in [4.69, 9.17) is 10.5 Å². The van der Waals surface area contributed by atoms with Crippen LogP contribution in [-0.2, 0) is 9.53 Å². The Bertz CT molecular complexity index is 1020. The first-order chi connectivity index (χ1) is 18.6. The molecule has 0 amide bonds. The van der Waals surface area contributed by atoms with Crippen LogP contribution in [0.25, 0.3) is 0 Å². The van der Waals surface area contributed by atoms with E-state index in [1.165, 1.54) is 24.8 Å². The van der Waals surface area contributed by atoms with Crippen LogP contribution in [0, 0.1) is 56.7 Å². The Kier molecular flexibility index (Phi) is 7.46. The molecule has 0 aliphatic heterocycles. The maximum Gasteiger partial charge on any atom is 0.312 e. The predicted octanol–water partition coefficient (Wildman–Crippen LogP) is 5.23. The van der Waals surface area contributed by atoms with Gasteiger partial charge in [0.1, 0.15) is 6.61 Å². The number of hydrogen-bond acceptors (Lipinski definition) is 6. The second-order valence-corrected chi connectivity index (χ2v) is 16.5. The van der Waals surface area contributed by atoms with Crippen molar-refractivity contribution in [1.29, 1.82) is 0 Å². The van der Waals surface area contributed by atoms with E-state index in [1.54, 1.807) is 0 Å². The molecule has 228 valence electrons. The van der Waals surface area contributed by atoms with Crippen LogP contribution in [-0.4, -0.2) is 52.8 Å². The van der Waals surface area contributed by atoms with Crippen LogP contribution in [0.1, 0.15) is 106 Å². The molecule has 0 aromatic carbocycles. The summed E-state index contributed by atoms with van der Waals surface area (Å²) >= 11 is 0. The first kappa shape index (κ1) is 30.5.